The zero-order chi connectivity index (χ0) is 15.2. The second-order valence-electron chi connectivity index (χ2n) is 5.78. The molecule has 2 rings (SSSR count). The van der Waals surface area contributed by atoms with E-state index in [9.17, 15) is 0 Å². The zero-order valence-corrected chi connectivity index (χ0v) is 13.4. The van der Waals surface area contributed by atoms with E-state index in [1.165, 1.54) is 11.1 Å². The summed E-state index contributed by atoms with van der Waals surface area (Å²) in [6.07, 6.45) is 3.75. The first-order valence-corrected chi connectivity index (χ1v) is 7.23. The fourth-order valence-electron chi connectivity index (χ4n) is 2.54. The minimum absolute atomic E-state index is 0.919. The van der Waals surface area contributed by atoms with E-state index in [0.29, 0.717) is 0 Å². The van der Waals surface area contributed by atoms with Crippen molar-refractivity contribution < 1.29 is 0 Å². The topological polar surface area (TPSA) is 32.3 Å². The van der Waals surface area contributed by atoms with E-state index in [-0.39, 0.29) is 0 Å². The van der Waals surface area contributed by atoms with Gasteiger partial charge in [0.2, 0.25) is 0 Å². The second kappa shape index (κ2) is 7.29. The lowest BCUT2D eigenvalue weighted by Gasteiger charge is -2.24. The van der Waals surface area contributed by atoms with E-state index in [1.54, 1.807) is 0 Å². The van der Waals surface area contributed by atoms with Gasteiger partial charge < -0.3 is 0 Å². The van der Waals surface area contributed by atoms with E-state index >= 15 is 0 Å². The third kappa shape index (κ3) is 5.25. The number of aromatic nitrogens is 2. The van der Waals surface area contributed by atoms with E-state index in [2.05, 4.69) is 58.1 Å². The van der Waals surface area contributed by atoms with Gasteiger partial charge in [0.05, 0.1) is 6.67 Å². The molecule has 0 aliphatic rings. The average Bonchev–Trinajstić information content (AvgIpc) is 2.38. The van der Waals surface area contributed by atoms with Gasteiger partial charge in [-0.05, 0) is 63.3 Å². The van der Waals surface area contributed by atoms with Crippen molar-refractivity contribution in [2.24, 2.45) is 0 Å². The highest BCUT2D eigenvalue weighted by molar-refractivity contribution is 5.16. The molecule has 0 fully saturated rings. The smallest absolute Gasteiger partial charge is 0.0507 e. The second-order valence-corrected chi connectivity index (χ2v) is 5.78. The lowest BCUT2D eigenvalue weighted by molar-refractivity contribution is 0.171. The van der Waals surface area contributed by atoms with Crippen LogP contribution in [-0.4, -0.2) is 40.5 Å². The van der Waals surface area contributed by atoms with E-state index < -0.39 is 0 Å². The van der Waals surface area contributed by atoms with E-state index in [4.69, 9.17) is 0 Å². The van der Waals surface area contributed by atoms with Gasteiger partial charge in [-0.1, -0.05) is 0 Å². The lowest BCUT2D eigenvalue weighted by Crippen LogP contribution is -2.32. The van der Waals surface area contributed by atoms with Crippen molar-refractivity contribution in [3.05, 3.63) is 59.2 Å². The van der Waals surface area contributed by atoms with Crippen LogP contribution in [0.4, 0.5) is 0 Å². The predicted octanol–water partition coefficient (Wildman–Crippen LogP) is 2.61. The molecule has 0 aliphatic heterocycles. The van der Waals surface area contributed by atoms with Crippen molar-refractivity contribution in [1.82, 2.24) is 19.8 Å². The standard InChI is InChI=1S/C17H24N4/c1-14-9-16(5-7-18-14)11-20(3)13-21(4)12-17-6-8-19-15(2)10-17/h5-10H,11-13H2,1-4H3. The Kier molecular flexibility index (Phi) is 5.42. The number of nitrogens with zero attached hydrogens (tertiary/aromatic N) is 4. The molecule has 0 bridgehead atoms. The zero-order valence-electron chi connectivity index (χ0n) is 13.4. The number of pyridine rings is 2. The summed E-state index contributed by atoms with van der Waals surface area (Å²) in [7, 11) is 4.29. The molecule has 2 heterocycles. The van der Waals surface area contributed by atoms with Gasteiger partial charge in [0.15, 0.2) is 0 Å². The highest BCUT2D eigenvalue weighted by Gasteiger charge is 2.06. The monoisotopic (exact) mass is 284 g/mol. The maximum atomic E-state index is 4.24. The molecule has 0 spiro atoms. The molecule has 4 heteroatoms. The van der Waals surface area contributed by atoms with Crippen LogP contribution in [0.2, 0.25) is 0 Å². The third-order valence-corrected chi connectivity index (χ3v) is 3.31. The predicted molar refractivity (Wildman–Crippen MR) is 85.7 cm³/mol. The van der Waals surface area contributed by atoms with Gasteiger partial charge in [0.1, 0.15) is 0 Å². The van der Waals surface area contributed by atoms with Crippen molar-refractivity contribution in [3.8, 4) is 0 Å². The van der Waals surface area contributed by atoms with Crippen LogP contribution in [0.3, 0.4) is 0 Å². The number of rotatable bonds is 6. The van der Waals surface area contributed by atoms with Gasteiger partial charge in [-0.15, -0.1) is 0 Å². The maximum Gasteiger partial charge on any atom is 0.0507 e. The van der Waals surface area contributed by atoms with E-state index in [0.717, 1.165) is 31.1 Å². The SMILES string of the molecule is Cc1cc(CN(C)CN(C)Cc2ccnc(C)c2)ccn1. The molecule has 0 saturated carbocycles. The van der Waals surface area contributed by atoms with Crippen LogP contribution < -0.4 is 0 Å². The fourth-order valence-corrected chi connectivity index (χ4v) is 2.54. The van der Waals surface area contributed by atoms with Gasteiger partial charge in [-0.25, -0.2) is 0 Å². The third-order valence-electron chi connectivity index (χ3n) is 3.31. The molecule has 0 amide bonds. The maximum absolute atomic E-state index is 4.24. The molecule has 2 aromatic heterocycles. The highest BCUT2D eigenvalue weighted by Crippen LogP contribution is 2.07. The Morgan fingerprint density at radius 2 is 1.24 bits per heavy atom. The van der Waals surface area contributed by atoms with Gasteiger partial charge in [0.25, 0.3) is 0 Å². The minimum atomic E-state index is 0.919. The molecular formula is C17H24N4. The highest BCUT2D eigenvalue weighted by atomic mass is 15.3. The van der Waals surface area contributed by atoms with Crippen LogP contribution >= 0.6 is 0 Å². The molecule has 0 atom stereocenters. The summed E-state index contributed by atoms with van der Waals surface area (Å²) < 4.78 is 0. The number of aryl methyl sites for hydroxylation is 2. The van der Waals surface area contributed by atoms with Crippen LogP contribution in [0.1, 0.15) is 22.5 Å². The van der Waals surface area contributed by atoms with Crippen LogP contribution in [0, 0.1) is 13.8 Å². The van der Waals surface area contributed by atoms with E-state index in [1.807, 2.05) is 26.2 Å². The molecule has 0 radical (unpaired) electrons. The molecule has 112 valence electrons. The number of hydrogen-bond acceptors (Lipinski definition) is 4. The quantitative estimate of drug-likeness (QED) is 0.763. The number of hydrogen-bond donors (Lipinski definition) is 0. The Morgan fingerprint density at radius 1 is 0.810 bits per heavy atom. The molecule has 2 aromatic rings. The van der Waals surface area contributed by atoms with Crippen molar-refractivity contribution in [1.29, 1.82) is 0 Å². The van der Waals surface area contributed by atoms with Crippen molar-refractivity contribution in [2.75, 3.05) is 20.8 Å². The minimum Gasteiger partial charge on any atom is -0.289 e. The summed E-state index contributed by atoms with van der Waals surface area (Å²) in [4.78, 5) is 13.1. The summed E-state index contributed by atoms with van der Waals surface area (Å²) >= 11 is 0. The van der Waals surface area contributed by atoms with Crippen LogP contribution in [0.15, 0.2) is 36.7 Å². The Morgan fingerprint density at radius 3 is 1.62 bits per heavy atom. The molecule has 0 N–H and O–H groups in total. The molecule has 0 saturated heterocycles. The summed E-state index contributed by atoms with van der Waals surface area (Å²) in [5, 5.41) is 0. The first kappa shape index (κ1) is 15.6. The first-order valence-electron chi connectivity index (χ1n) is 7.23. The molecular weight excluding hydrogens is 260 g/mol. The molecule has 0 unspecified atom stereocenters. The van der Waals surface area contributed by atoms with Crippen LogP contribution in [0.25, 0.3) is 0 Å². The largest absolute Gasteiger partial charge is 0.289 e. The fraction of sp³-hybridized carbons (Fsp3) is 0.412. The first-order chi connectivity index (χ1) is 10.0. The summed E-state index contributed by atoms with van der Waals surface area (Å²) in [6, 6.07) is 8.44. The van der Waals surface area contributed by atoms with Crippen molar-refractivity contribution in [3.63, 3.8) is 0 Å². The lowest BCUT2D eigenvalue weighted by atomic mass is 10.2. The Bertz CT molecular complexity index is 531. The van der Waals surface area contributed by atoms with Crippen molar-refractivity contribution in [2.45, 2.75) is 26.9 Å². The Balaban J connectivity index is 1.86. The Hall–Kier alpha value is -1.78. The summed E-state index contributed by atoms with van der Waals surface area (Å²) in [5.41, 5.74) is 4.75. The average molecular weight is 284 g/mol. The molecule has 0 aromatic carbocycles. The van der Waals surface area contributed by atoms with Gasteiger partial charge in [-0.2, -0.15) is 0 Å². The Labute approximate surface area is 127 Å². The van der Waals surface area contributed by atoms with Gasteiger partial charge in [-0.3, -0.25) is 19.8 Å². The summed E-state index contributed by atoms with van der Waals surface area (Å²) in [5.74, 6) is 0. The molecule has 4 nitrogen and oxygen atoms in total. The summed E-state index contributed by atoms with van der Waals surface area (Å²) in [6.45, 7) is 6.84. The molecule has 0 aliphatic carbocycles. The van der Waals surface area contributed by atoms with Crippen LogP contribution in [-0.2, 0) is 13.1 Å². The normalized spacial score (nSPS) is 11.3. The molecule has 21 heavy (non-hydrogen) atoms. The van der Waals surface area contributed by atoms with Gasteiger partial charge in [0, 0.05) is 36.9 Å². The van der Waals surface area contributed by atoms with Crippen molar-refractivity contribution >= 4 is 0 Å². The van der Waals surface area contributed by atoms with Crippen LogP contribution in [0.5, 0.6) is 0 Å². The van der Waals surface area contributed by atoms with Gasteiger partial charge >= 0.3 is 0 Å².